The van der Waals surface area contributed by atoms with Gasteiger partial charge in [-0.15, -0.1) is 0 Å². The Hall–Kier alpha value is -1.95. The van der Waals surface area contributed by atoms with E-state index in [4.69, 9.17) is 0 Å². The van der Waals surface area contributed by atoms with Crippen molar-refractivity contribution in [3.05, 3.63) is 39.9 Å². The standard InChI is InChI=1S/C15H23N3O3/c1-10(2)9-16-15(19)12(4)17-11(3)13-5-7-14(8-6-13)18(20)21/h5-8,10-12,17H,9H2,1-4H3,(H,16,19). The second-order valence-corrected chi connectivity index (χ2v) is 5.60. The second kappa shape index (κ2) is 7.73. The molecule has 2 N–H and O–H groups in total. The summed E-state index contributed by atoms with van der Waals surface area (Å²) in [6, 6.07) is 5.96. The van der Waals surface area contributed by atoms with E-state index in [1.54, 1.807) is 19.1 Å². The van der Waals surface area contributed by atoms with Crippen molar-refractivity contribution < 1.29 is 9.72 Å². The molecule has 0 saturated carbocycles. The fourth-order valence-corrected chi connectivity index (χ4v) is 1.89. The first-order chi connectivity index (χ1) is 9.81. The minimum atomic E-state index is -0.427. The van der Waals surface area contributed by atoms with Gasteiger partial charge in [0, 0.05) is 24.7 Å². The molecule has 6 nitrogen and oxygen atoms in total. The number of nitrogens with zero attached hydrogens (tertiary/aromatic N) is 1. The van der Waals surface area contributed by atoms with Gasteiger partial charge in [0.1, 0.15) is 0 Å². The summed E-state index contributed by atoms with van der Waals surface area (Å²) < 4.78 is 0. The van der Waals surface area contributed by atoms with Gasteiger partial charge in [0.15, 0.2) is 0 Å². The van der Waals surface area contributed by atoms with E-state index in [0.717, 1.165) is 5.56 Å². The number of hydrogen-bond donors (Lipinski definition) is 2. The summed E-state index contributed by atoms with van der Waals surface area (Å²) in [5.41, 5.74) is 0.970. The molecule has 0 spiro atoms. The van der Waals surface area contributed by atoms with Gasteiger partial charge in [-0.2, -0.15) is 0 Å². The van der Waals surface area contributed by atoms with Crippen LogP contribution in [0.15, 0.2) is 24.3 Å². The Bertz CT molecular complexity index is 485. The number of amides is 1. The molecular formula is C15H23N3O3. The molecule has 2 atom stereocenters. The van der Waals surface area contributed by atoms with Gasteiger partial charge in [0.05, 0.1) is 11.0 Å². The van der Waals surface area contributed by atoms with Crippen LogP contribution in [0.25, 0.3) is 0 Å². The molecule has 0 aliphatic carbocycles. The van der Waals surface area contributed by atoms with Crippen LogP contribution in [0.4, 0.5) is 5.69 Å². The lowest BCUT2D eigenvalue weighted by atomic mass is 10.1. The Kier molecular flexibility index (Phi) is 6.30. The quantitative estimate of drug-likeness (QED) is 0.597. The highest BCUT2D eigenvalue weighted by Crippen LogP contribution is 2.17. The molecule has 0 aromatic heterocycles. The summed E-state index contributed by atoms with van der Waals surface area (Å²) in [4.78, 5) is 22.1. The molecule has 0 radical (unpaired) electrons. The maximum atomic E-state index is 11.9. The van der Waals surface area contributed by atoms with Crippen LogP contribution in [-0.4, -0.2) is 23.4 Å². The number of non-ortho nitro benzene ring substituents is 1. The van der Waals surface area contributed by atoms with Gasteiger partial charge in [0.25, 0.3) is 5.69 Å². The molecule has 1 amide bonds. The van der Waals surface area contributed by atoms with Gasteiger partial charge in [-0.1, -0.05) is 26.0 Å². The van der Waals surface area contributed by atoms with Crippen LogP contribution in [0.2, 0.25) is 0 Å². The summed E-state index contributed by atoms with van der Waals surface area (Å²) in [7, 11) is 0. The van der Waals surface area contributed by atoms with Crippen LogP contribution in [0.3, 0.4) is 0 Å². The molecule has 6 heteroatoms. The Balaban J connectivity index is 2.57. The SMILES string of the molecule is CC(C)CNC(=O)C(C)NC(C)c1ccc([N+](=O)[O-])cc1. The second-order valence-electron chi connectivity index (χ2n) is 5.60. The number of nitro benzene ring substituents is 1. The highest BCUT2D eigenvalue weighted by molar-refractivity contribution is 5.81. The van der Waals surface area contributed by atoms with Crippen LogP contribution in [0.1, 0.15) is 39.3 Å². The Morgan fingerprint density at radius 2 is 1.76 bits per heavy atom. The largest absolute Gasteiger partial charge is 0.354 e. The zero-order chi connectivity index (χ0) is 16.0. The third-order valence-electron chi connectivity index (χ3n) is 3.18. The van der Waals surface area contributed by atoms with Crippen molar-refractivity contribution in [2.45, 2.75) is 39.8 Å². The first kappa shape index (κ1) is 17.1. The molecule has 116 valence electrons. The first-order valence-corrected chi connectivity index (χ1v) is 7.09. The van der Waals surface area contributed by atoms with Gasteiger partial charge in [0.2, 0.25) is 5.91 Å². The molecule has 2 unspecified atom stereocenters. The van der Waals surface area contributed by atoms with E-state index >= 15 is 0 Å². The molecule has 0 heterocycles. The van der Waals surface area contributed by atoms with Gasteiger partial charge < -0.3 is 5.32 Å². The van der Waals surface area contributed by atoms with Crippen molar-refractivity contribution in [3.63, 3.8) is 0 Å². The Morgan fingerprint density at radius 1 is 1.19 bits per heavy atom. The van der Waals surface area contributed by atoms with Crippen LogP contribution in [0, 0.1) is 16.0 Å². The third kappa shape index (κ3) is 5.51. The topological polar surface area (TPSA) is 84.3 Å². The molecule has 1 aromatic rings. The maximum absolute atomic E-state index is 11.9. The summed E-state index contributed by atoms with van der Waals surface area (Å²) in [6.45, 7) is 8.46. The molecule has 0 fully saturated rings. The average molecular weight is 293 g/mol. The van der Waals surface area contributed by atoms with Crippen molar-refractivity contribution in [2.24, 2.45) is 5.92 Å². The Labute approximate surface area is 125 Å². The first-order valence-electron chi connectivity index (χ1n) is 7.09. The van der Waals surface area contributed by atoms with Crippen molar-refractivity contribution >= 4 is 11.6 Å². The Morgan fingerprint density at radius 3 is 2.24 bits per heavy atom. The van der Waals surface area contributed by atoms with E-state index in [1.807, 2.05) is 20.8 Å². The molecular weight excluding hydrogens is 270 g/mol. The highest BCUT2D eigenvalue weighted by atomic mass is 16.6. The van der Waals surface area contributed by atoms with E-state index in [0.29, 0.717) is 12.5 Å². The van der Waals surface area contributed by atoms with Crippen molar-refractivity contribution in [1.82, 2.24) is 10.6 Å². The minimum absolute atomic E-state index is 0.0440. The number of benzene rings is 1. The number of nitro groups is 1. The average Bonchev–Trinajstić information content (AvgIpc) is 2.44. The fraction of sp³-hybridized carbons (Fsp3) is 0.533. The zero-order valence-corrected chi connectivity index (χ0v) is 12.9. The molecule has 21 heavy (non-hydrogen) atoms. The summed E-state index contributed by atoms with van der Waals surface area (Å²) in [5, 5.41) is 16.7. The number of carbonyl (C=O) groups excluding carboxylic acids is 1. The van der Waals surface area contributed by atoms with Crippen LogP contribution >= 0.6 is 0 Å². The summed E-state index contributed by atoms with van der Waals surface area (Å²) in [6.07, 6.45) is 0. The third-order valence-corrected chi connectivity index (χ3v) is 3.18. The van der Waals surface area contributed by atoms with E-state index in [9.17, 15) is 14.9 Å². The van der Waals surface area contributed by atoms with Gasteiger partial charge >= 0.3 is 0 Å². The van der Waals surface area contributed by atoms with Gasteiger partial charge in [-0.3, -0.25) is 20.2 Å². The molecule has 0 saturated heterocycles. The monoisotopic (exact) mass is 293 g/mol. The predicted molar refractivity (Wildman–Crippen MR) is 82.0 cm³/mol. The maximum Gasteiger partial charge on any atom is 0.269 e. The highest BCUT2D eigenvalue weighted by Gasteiger charge is 2.16. The predicted octanol–water partition coefficient (Wildman–Crippen LogP) is 2.41. The lowest BCUT2D eigenvalue weighted by molar-refractivity contribution is -0.384. The van der Waals surface area contributed by atoms with Gasteiger partial charge in [-0.05, 0) is 25.3 Å². The number of nitrogens with one attached hydrogen (secondary N) is 2. The van der Waals surface area contributed by atoms with Crippen LogP contribution in [0.5, 0.6) is 0 Å². The van der Waals surface area contributed by atoms with E-state index in [1.165, 1.54) is 12.1 Å². The lowest BCUT2D eigenvalue weighted by Gasteiger charge is -2.20. The molecule has 0 aliphatic heterocycles. The number of hydrogen-bond acceptors (Lipinski definition) is 4. The molecule has 1 aromatic carbocycles. The minimum Gasteiger partial charge on any atom is -0.354 e. The summed E-state index contributed by atoms with van der Waals surface area (Å²) >= 11 is 0. The van der Waals surface area contributed by atoms with Crippen LogP contribution in [-0.2, 0) is 4.79 Å². The molecule has 0 aliphatic rings. The zero-order valence-electron chi connectivity index (χ0n) is 12.9. The summed E-state index contributed by atoms with van der Waals surface area (Å²) in [5.74, 6) is 0.366. The van der Waals surface area contributed by atoms with Crippen LogP contribution < -0.4 is 10.6 Å². The van der Waals surface area contributed by atoms with Crippen molar-refractivity contribution in [3.8, 4) is 0 Å². The smallest absolute Gasteiger partial charge is 0.269 e. The van der Waals surface area contributed by atoms with E-state index in [2.05, 4.69) is 10.6 Å². The molecule has 0 bridgehead atoms. The van der Waals surface area contributed by atoms with E-state index in [-0.39, 0.29) is 23.7 Å². The fourth-order valence-electron chi connectivity index (χ4n) is 1.89. The van der Waals surface area contributed by atoms with Gasteiger partial charge in [-0.25, -0.2) is 0 Å². The van der Waals surface area contributed by atoms with Crippen molar-refractivity contribution in [2.75, 3.05) is 6.54 Å². The van der Waals surface area contributed by atoms with E-state index < -0.39 is 4.92 Å². The molecule has 1 rings (SSSR count). The normalized spacial score (nSPS) is 13.8. The van der Waals surface area contributed by atoms with Crippen molar-refractivity contribution in [1.29, 1.82) is 0 Å². The number of rotatable bonds is 7. The lowest BCUT2D eigenvalue weighted by Crippen LogP contribution is -2.44. The number of carbonyl (C=O) groups is 1.